The van der Waals surface area contributed by atoms with E-state index in [1.54, 1.807) is 26.0 Å². The molecule has 2 aromatic heterocycles. The summed E-state index contributed by atoms with van der Waals surface area (Å²) in [5, 5.41) is 0.712. The average Bonchev–Trinajstić information content (AvgIpc) is 3.31. The minimum atomic E-state index is -3.27. The van der Waals surface area contributed by atoms with E-state index in [1.165, 1.54) is 51.1 Å². The van der Waals surface area contributed by atoms with E-state index in [9.17, 15) is 8.42 Å². The Morgan fingerprint density at radius 2 is 1.67 bits per heavy atom. The highest BCUT2D eigenvalue weighted by atomic mass is 32.2. The molecule has 0 amide bonds. The van der Waals surface area contributed by atoms with E-state index in [4.69, 9.17) is 0 Å². The van der Waals surface area contributed by atoms with E-state index >= 15 is 0 Å². The Hall–Kier alpha value is -2.26. The normalized spacial score (nSPS) is 19.4. The number of likely N-dealkylation sites (tertiary alicyclic amines) is 1. The third-order valence-corrected chi connectivity index (χ3v) is 10.2. The number of hydrogen-bond acceptors (Lipinski definition) is 6. The summed E-state index contributed by atoms with van der Waals surface area (Å²) in [6.45, 7) is 14.9. The van der Waals surface area contributed by atoms with Crippen LogP contribution in [0, 0.1) is 0 Å². The molecule has 0 saturated carbocycles. The molecule has 2 aliphatic heterocycles. The molecule has 0 bridgehead atoms. The summed E-state index contributed by atoms with van der Waals surface area (Å²) in [5.74, 6) is 0. The van der Waals surface area contributed by atoms with Gasteiger partial charge < -0.3 is 9.88 Å². The number of rotatable bonds is 7. The molecule has 2 aliphatic rings. The van der Waals surface area contributed by atoms with Gasteiger partial charge in [-0.15, -0.1) is 0 Å². The predicted molar refractivity (Wildman–Crippen MR) is 146 cm³/mol. The molecule has 3 aromatic rings. The van der Waals surface area contributed by atoms with Gasteiger partial charge in [-0.25, -0.2) is 13.4 Å². The van der Waals surface area contributed by atoms with Crippen LogP contribution in [0.5, 0.6) is 0 Å². The molecule has 0 spiro atoms. The van der Waals surface area contributed by atoms with Crippen molar-refractivity contribution >= 4 is 20.9 Å². The molecule has 0 atom stereocenters. The Bertz CT molecular complexity index is 1270. The first-order chi connectivity index (χ1) is 17.3. The SMILES string of the molecule is CCN1CCN(C2CCN(Cc3c[nH]c4ncc(-c5ccc(S(=O)(=O)C(C)C)cc5)cc34)CC2)CC1. The number of fused-ring (bicyclic) bond motifs is 1. The van der Waals surface area contributed by atoms with Crippen LogP contribution >= 0.6 is 0 Å². The highest BCUT2D eigenvalue weighted by Gasteiger charge is 2.27. The minimum Gasteiger partial charge on any atom is -0.346 e. The van der Waals surface area contributed by atoms with Crippen molar-refractivity contribution in [1.29, 1.82) is 0 Å². The van der Waals surface area contributed by atoms with Gasteiger partial charge in [0.05, 0.1) is 10.1 Å². The zero-order chi connectivity index (χ0) is 25.3. The lowest BCUT2D eigenvalue weighted by atomic mass is 10.0. The first kappa shape index (κ1) is 25.4. The summed E-state index contributed by atoms with van der Waals surface area (Å²) < 4.78 is 24.9. The summed E-state index contributed by atoms with van der Waals surface area (Å²) in [6.07, 6.45) is 6.43. The minimum absolute atomic E-state index is 0.369. The summed E-state index contributed by atoms with van der Waals surface area (Å²) in [4.78, 5) is 16.2. The van der Waals surface area contributed by atoms with E-state index in [2.05, 4.69) is 43.9 Å². The first-order valence-corrected chi connectivity index (χ1v) is 14.9. The molecule has 0 radical (unpaired) electrons. The van der Waals surface area contributed by atoms with E-state index in [1.807, 2.05) is 18.3 Å². The Kier molecular flexibility index (Phi) is 7.49. The van der Waals surface area contributed by atoms with Crippen LogP contribution in [0.4, 0.5) is 0 Å². The standard InChI is InChI=1S/C28H39N5O2S/c1-4-31-13-15-33(16-14-31)25-9-11-32(12-10-25)20-24-19-30-28-27(24)17-23(18-29-28)22-5-7-26(8-6-22)36(34,35)21(2)3/h5-8,17-19,21,25H,4,9-16,20H2,1-3H3,(H,29,30). The summed E-state index contributed by atoms with van der Waals surface area (Å²) in [6, 6.07) is 10.1. The molecule has 0 aliphatic carbocycles. The van der Waals surface area contributed by atoms with Gasteiger partial charge in [-0.2, -0.15) is 0 Å². The summed E-state index contributed by atoms with van der Waals surface area (Å²) in [5.41, 5.74) is 4.15. The van der Waals surface area contributed by atoms with Crippen molar-refractivity contribution in [2.24, 2.45) is 0 Å². The number of nitrogens with zero attached hydrogens (tertiary/aromatic N) is 4. The molecule has 0 unspecified atom stereocenters. The molecule has 2 fully saturated rings. The van der Waals surface area contributed by atoms with Gasteiger partial charge in [-0.3, -0.25) is 9.80 Å². The number of aromatic nitrogens is 2. The van der Waals surface area contributed by atoms with Gasteiger partial charge in [0, 0.05) is 62.1 Å². The second-order valence-corrected chi connectivity index (χ2v) is 13.0. The molecule has 8 heteroatoms. The highest BCUT2D eigenvalue weighted by Crippen LogP contribution is 2.28. The van der Waals surface area contributed by atoms with Crippen molar-refractivity contribution in [3.8, 4) is 11.1 Å². The van der Waals surface area contributed by atoms with Crippen LogP contribution in [-0.2, 0) is 16.4 Å². The van der Waals surface area contributed by atoms with Gasteiger partial charge in [0.2, 0.25) is 0 Å². The van der Waals surface area contributed by atoms with Crippen molar-refractivity contribution in [2.75, 3.05) is 45.8 Å². The summed E-state index contributed by atoms with van der Waals surface area (Å²) >= 11 is 0. The van der Waals surface area contributed by atoms with E-state index in [0.717, 1.165) is 47.8 Å². The van der Waals surface area contributed by atoms with Gasteiger partial charge in [0.25, 0.3) is 0 Å². The number of sulfone groups is 1. The smallest absolute Gasteiger partial charge is 0.180 e. The fourth-order valence-electron chi connectivity index (χ4n) is 5.58. The van der Waals surface area contributed by atoms with Gasteiger partial charge in [0.1, 0.15) is 5.65 Å². The molecule has 1 N–H and O–H groups in total. The molecular formula is C28H39N5O2S. The van der Waals surface area contributed by atoms with Crippen molar-refractivity contribution in [2.45, 2.75) is 56.3 Å². The van der Waals surface area contributed by atoms with Crippen LogP contribution < -0.4 is 0 Å². The molecule has 7 nitrogen and oxygen atoms in total. The molecule has 5 rings (SSSR count). The molecule has 194 valence electrons. The zero-order valence-corrected chi connectivity index (χ0v) is 22.6. The second-order valence-electron chi connectivity index (χ2n) is 10.5. The number of piperidine rings is 1. The molecule has 1 aromatic carbocycles. The van der Waals surface area contributed by atoms with Crippen LogP contribution in [-0.4, -0.2) is 90.2 Å². The van der Waals surface area contributed by atoms with E-state index in [-0.39, 0.29) is 0 Å². The molecular weight excluding hydrogens is 470 g/mol. The maximum Gasteiger partial charge on any atom is 0.180 e. The van der Waals surface area contributed by atoms with Gasteiger partial charge in [-0.1, -0.05) is 19.1 Å². The zero-order valence-electron chi connectivity index (χ0n) is 21.8. The predicted octanol–water partition coefficient (Wildman–Crippen LogP) is 4.01. The number of aromatic amines is 1. The number of benzene rings is 1. The van der Waals surface area contributed by atoms with Crippen LogP contribution in [0.15, 0.2) is 47.6 Å². The van der Waals surface area contributed by atoms with Crippen LogP contribution in [0.3, 0.4) is 0 Å². The average molecular weight is 510 g/mol. The third-order valence-electron chi connectivity index (χ3n) is 8.08. The Morgan fingerprint density at radius 3 is 2.31 bits per heavy atom. The largest absolute Gasteiger partial charge is 0.346 e. The number of nitrogens with one attached hydrogen (secondary N) is 1. The number of hydrogen-bond donors (Lipinski definition) is 1. The van der Waals surface area contributed by atoms with Crippen LogP contribution in [0.2, 0.25) is 0 Å². The van der Waals surface area contributed by atoms with E-state index < -0.39 is 15.1 Å². The molecule has 2 saturated heterocycles. The van der Waals surface area contributed by atoms with Crippen LogP contribution in [0.25, 0.3) is 22.2 Å². The van der Waals surface area contributed by atoms with Gasteiger partial charge in [0.15, 0.2) is 9.84 Å². The van der Waals surface area contributed by atoms with E-state index in [0.29, 0.717) is 4.90 Å². The number of likely N-dealkylation sites (N-methyl/N-ethyl adjacent to an activating group) is 1. The Morgan fingerprint density at radius 1 is 0.972 bits per heavy atom. The maximum absolute atomic E-state index is 12.5. The lowest BCUT2D eigenvalue weighted by Gasteiger charge is -2.42. The van der Waals surface area contributed by atoms with Crippen molar-refractivity contribution in [3.63, 3.8) is 0 Å². The monoisotopic (exact) mass is 509 g/mol. The second kappa shape index (κ2) is 10.6. The van der Waals surface area contributed by atoms with Crippen molar-refractivity contribution < 1.29 is 8.42 Å². The molecule has 4 heterocycles. The third kappa shape index (κ3) is 5.23. The number of pyridine rings is 1. The quantitative estimate of drug-likeness (QED) is 0.519. The maximum atomic E-state index is 12.5. The van der Waals surface area contributed by atoms with Crippen molar-refractivity contribution in [3.05, 3.63) is 48.3 Å². The number of piperazine rings is 1. The van der Waals surface area contributed by atoms with Gasteiger partial charge in [-0.05, 0) is 75.6 Å². The fourth-order valence-corrected chi connectivity index (χ4v) is 6.64. The fraction of sp³-hybridized carbons (Fsp3) is 0.536. The highest BCUT2D eigenvalue weighted by molar-refractivity contribution is 7.92. The number of H-pyrrole nitrogens is 1. The lowest BCUT2D eigenvalue weighted by Crippen LogP contribution is -2.52. The topological polar surface area (TPSA) is 72.5 Å². The Labute approximate surface area is 215 Å². The lowest BCUT2D eigenvalue weighted by molar-refractivity contribution is 0.0594. The van der Waals surface area contributed by atoms with Crippen molar-refractivity contribution in [1.82, 2.24) is 24.7 Å². The van der Waals surface area contributed by atoms with Gasteiger partial charge >= 0.3 is 0 Å². The summed E-state index contributed by atoms with van der Waals surface area (Å²) in [7, 11) is -3.27. The molecule has 36 heavy (non-hydrogen) atoms. The Balaban J connectivity index is 1.25. The first-order valence-electron chi connectivity index (χ1n) is 13.3. The van der Waals surface area contributed by atoms with Crippen LogP contribution in [0.1, 0.15) is 39.2 Å².